The SMILES string of the molecule is CC.CC.CC(=O)Oc1ccccc1C(=O)O. The molecule has 4 heteroatoms. The van der Waals surface area contributed by atoms with Crippen LogP contribution in [0.25, 0.3) is 0 Å². The van der Waals surface area contributed by atoms with Crippen molar-refractivity contribution in [3.8, 4) is 5.75 Å². The molecule has 0 heterocycles. The van der Waals surface area contributed by atoms with Crippen LogP contribution in [0.5, 0.6) is 5.75 Å². The highest BCUT2D eigenvalue weighted by molar-refractivity contribution is 5.91. The van der Waals surface area contributed by atoms with Crippen LogP contribution in [0, 0.1) is 0 Å². The van der Waals surface area contributed by atoms with Crippen LogP contribution in [-0.4, -0.2) is 17.0 Å². The summed E-state index contributed by atoms with van der Waals surface area (Å²) in [4.78, 5) is 21.2. The lowest BCUT2D eigenvalue weighted by Crippen LogP contribution is -2.06. The van der Waals surface area contributed by atoms with Gasteiger partial charge in [-0.05, 0) is 12.1 Å². The summed E-state index contributed by atoms with van der Waals surface area (Å²) >= 11 is 0. The van der Waals surface area contributed by atoms with Crippen molar-refractivity contribution in [3.05, 3.63) is 29.8 Å². The highest BCUT2D eigenvalue weighted by Gasteiger charge is 2.10. The minimum Gasteiger partial charge on any atom is -0.478 e. The predicted molar refractivity (Wildman–Crippen MR) is 67.4 cm³/mol. The van der Waals surface area contributed by atoms with Crippen molar-refractivity contribution in [3.63, 3.8) is 0 Å². The Bertz CT molecular complexity index is 345. The average molecular weight is 240 g/mol. The van der Waals surface area contributed by atoms with Crippen molar-refractivity contribution in [2.45, 2.75) is 34.6 Å². The van der Waals surface area contributed by atoms with Crippen LogP contribution in [0.3, 0.4) is 0 Å². The first-order valence-electron chi connectivity index (χ1n) is 5.62. The smallest absolute Gasteiger partial charge is 0.339 e. The third-order valence-corrected chi connectivity index (χ3v) is 1.37. The number of benzene rings is 1. The molecule has 0 amide bonds. The highest BCUT2D eigenvalue weighted by atomic mass is 16.5. The molecule has 0 fully saturated rings. The minimum atomic E-state index is -1.11. The Morgan fingerprint density at radius 1 is 1.06 bits per heavy atom. The largest absolute Gasteiger partial charge is 0.478 e. The van der Waals surface area contributed by atoms with Gasteiger partial charge in [0.25, 0.3) is 0 Å². The van der Waals surface area contributed by atoms with E-state index in [0.29, 0.717) is 0 Å². The third-order valence-electron chi connectivity index (χ3n) is 1.37. The number of hydrogen-bond donors (Lipinski definition) is 1. The van der Waals surface area contributed by atoms with Crippen LogP contribution in [0.15, 0.2) is 24.3 Å². The van der Waals surface area contributed by atoms with Gasteiger partial charge in [-0.2, -0.15) is 0 Å². The van der Waals surface area contributed by atoms with Gasteiger partial charge in [-0.3, -0.25) is 4.79 Å². The van der Waals surface area contributed by atoms with Crippen LogP contribution in [0.4, 0.5) is 0 Å². The van der Waals surface area contributed by atoms with Crippen LogP contribution in [0.1, 0.15) is 45.0 Å². The highest BCUT2D eigenvalue weighted by Crippen LogP contribution is 2.17. The first kappa shape index (κ1) is 17.6. The predicted octanol–water partition coefficient (Wildman–Crippen LogP) is 3.36. The van der Waals surface area contributed by atoms with Crippen molar-refractivity contribution < 1.29 is 19.4 Å². The Morgan fingerprint density at radius 2 is 1.53 bits per heavy atom. The Labute approximate surface area is 102 Å². The zero-order valence-corrected chi connectivity index (χ0v) is 11.0. The molecule has 0 aliphatic carbocycles. The summed E-state index contributed by atoms with van der Waals surface area (Å²) in [6.45, 7) is 9.22. The number of aromatic carboxylic acids is 1. The van der Waals surface area contributed by atoms with Gasteiger partial charge in [-0.25, -0.2) is 4.79 Å². The number of carboxylic acids is 1. The van der Waals surface area contributed by atoms with Gasteiger partial charge >= 0.3 is 11.9 Å². The van der Waals surface area contributed by atoms with E-state index in [-0.39, 0.29) is 11.3 Å². The molecule has 1 rings (SSSR count). The first-order valence-corrected chi connectivity index (χ1v) is 5.62. The number of para-hydroxylation sites is 1. The standard InChI is InChI=1S/C9H8O4.2C2H6/c1-6(10)13-8-5-3-2-4-7(8)9(11)12;2*1-2/h2-5H,1H3,(H,11,12);2*1-2H3. The van der Waals surface area contributed by atoms with Gasteiger partial charge in [-0.15, -0.1) is 0 Å². The molecule has 17 heavy (non-hydrogen) atoms. The zero-order valence-electron chi connectivity index (χ0n) is 11.0. The molecule has 0 atom stereocenters. The number of hydrogen-bond acceptors (Lipinski definition) is 3. The van der Waals surface area contributed by atoms with Crippen molar-refractivity contribution in [2.75, 3.05) is 0 Å². The van der Waals surface area contributed by atoms with E-state index in [0.717, 1.165) is 0 Å². The molecule has 4 nitrogen and oxygen atoms in total. The normalized spacial score (nSPS) is 7.82. The number of carbonyl (C=O) groups is 2. The fraction of sp³-hybridized carbons (Fsp3) is 0.385. The molecule has 96 valence electrons. The van der Waals surface area contributed by atoms with E-state index in [2.05, 4.69) is 4.74 Å². The second-order valence-electron chi connectivity index (χ2n) is 2.39. The molecule has 1 aromatic carbocycles. The lowest BCUT2D eigenvalue weighted by Gasteiger charge is -2.03. The monoisotopic (exact) mass is 240 g/mol. The summed E-state index contributed by atoms with van der Waals surface area (Å²) < 4.78 is 4.69. The van der Waals surface area contributed by atoms with Crippen LogP contribution < -0.4 is 4.74 Å². The molecule has 0 bridgehead atoms. The summed E-state index contributed by atoms with van der Waals surface area (Å²) in [7, 11) is 0. The van der Waals surface area contributed by atoms with Gasteiger partial charge < -0.3 is 9.84 Å². The quantitative estimate of drug-likeness (QED) is 0.636. The number of carbonyl (C=O) groups excluding carboxylic acids is 1. The van der Waals surface area contributed by atoms with Crippen LogP contribution >= 0.6 is 0 Å². The summed E-state index contributed by atoms with van der Waals surface area (Å²) in [6, 6.07) is 5.98. The number of carboxylic acid groups (broad SMARTS) is 1. The average Bonchev–Trinajstić information content (AvgIpc) is 2.34. The summed E-state index contributed by atoms with van der Waals surface area (Å²) in [5.74, 6) is -1.58. The fourth-order valence-corrected chi connectivity index (χ4v) is 0.887. The maximum absolute atomic E-state index is 10.6. The Morgan fingerprint density at radius 3 is 1.94 bits per heavy atom. The van der Waals surface area contributed by atoms with Gasteiger partial charge in [0.1, 0.15) is 11.3 Å². The molecule has 0 aliphatic rings. The van der Waals surface area contributed by atoms with E-state index < -0.39 is 11.9 Å². The van der Waals surface area contributed by atoms with E-state index in [1.54, 1.807) is 12.1 Å². The van der Waals surface area contributed by atoms with Crippen molar-refractivity contribution in [1.29, 1.82) is 0 Å². The van der Waals surface area contributed by atoms with E-state index in [1.807, 2.05) is 27.7 Å². The molecular weight excluding hydrogens is 220 g/mol. The number of rotatable bonds is 2. The molecule has 0 unspecified atom stereocenters. The molecule has 0 radical (unpaired) electrons. The topological polar surface area (TPSA) is 63.6 Å². The van der Waals surface area contributed by atoms with Gasteiger partial charge in [0.2, 0.25) is 0 Å². The summed E-state index contributed by atoms with van der Waals surface area (Å²) in [5, 5.41) is 8.69. The second-order valence-corrected chi connectivity index (χ2v) is 2.39. The van der Waals surface area contributed by atoms with Crippen molar-refractivity contribution in [2.24, 2.45) is 0 Å². The first-order chi connectivity index (χ1) is 8.11. The number of esters is 1. The second kappa shape index (κ2) is 10.7. The Kier molecular flexibility index (Phi) is 11.0. The molecule has 1 aromatic rings. The van der Waals surface area contributed by atoms with E-state index in [4.69, 9.17) is 5.11 Å². The molecule has 0 saturated carbocycles. The summed E-state index contributed by atoms with van der Waals surface area (Å²) in [6.07, 6.45) is 0. The molecule has 0 spiro atoms. The van der Waals surface area contributed by atoms with Gasteiger partial charge in [0.15, 0.2) is 0 Å². The Hall–Kier alpha value is -1.84. The van der Waals surface area contributed by atoms with E-state index in [1.165, 1.54) is 19.1 Å². The van der Waals surface area contributed by atoms with Crippen LogP contribution in [-0.2, 0) is 4.79 Å². The van der Waals surface area contributed by atoms with Gasteiger partial charge in [0, 0.05) is 6.92 Å². The van der Waals surface area contributed by atoms with Gasteiger partial charge in [0.05, 0.1) is 0 Å². The maximum Gasteiger partial charge on any atom is 0.339 e. The van der Waals surface area contributed by atoms with E-state index >= 15 is 0 Å². The maximum atomic E-state index is 10.6. The minimum absolute atomic E-state index is 0.0160. The molecule has 0 aliphatic heterocycles. The fourth-order valence-electron chi connectivity index (χ4n) is 0.887. The van der Waals surface area contributed by atoms with Crippen molar-refractivity contribution >= 4 is 11.9 Å². The van der Waals surface area contributed by atoms with Crippen LogP contribution in [0.2, 0.25) is 0 Å². The van der Waals surface area contributed by atoms with E-state index in [9.17, 15) is 9.59 Å². The Balaban J connectivity index is 0. The zero-order chi connectivity index (χ0) is 13.8. The van der Waals surface area contributed by atoms with Gasteiger partial charge in [-0.1, -0.05) is 39.8 Å². The molecule has 1 N–H and O–H groups in total. The molecule has 0 aromatic heterocycles. The lowest BCUT2D eigenvalue weighted by molar-refractivity contribution is -0.131. The lowest BCUT2D eigenvalue weighted by atomic mass is 10.2. The third kappa shape index (κ3) is 7.11. The molecule has 0 saturated heterocycles. The van der Waals surface area contributed by atoms with Crippen molar-refractivity contribution in [1.82, 2.24) is 0 Å². The number of ether oxygens (including phenoxy) is 1. The molecular formula is C13H20O4. The summed E-state index contributed by atoms with van der Waals surface area (Å²) in [5.41, 5.74) is -0.0160.